The molecule has 15 heavy (non-hydrogen) atoms. The molecule has 1 aromatic rings. The standard InChI is InChI=1S/C10H8BrNO3/c11-6-1-2-7-8(3-6)14-4-10(7)5-15-9(13)12-10/h1-3H,4-5H2,(H,12,13). The van der Waals surface area contributed by atoms with Gasteiger partial charge < -0.3 is 14.8 Å². The first-order valence-corrected chi connectivity index (χ1v) is 5.37. The zero-order valence-corrected chi connectivity index (χ0v) is 9.33. The predicted molar refractivity (Wildman–Crippen MR) is 55.8 cm³/mol. The first-order chi connectivity index (χ1) is 7.20. The number of carbonyl (C=O) groups excluding carboxylic acids is 1. The molecule has 1 N–H and O–H groups in total. The van der Waals surface area contributed by atoms with Crippen LogP contribution < -0.4 is 10.1 Å². The molecule has 78 valence electrons. The van der Waals surface area contributed by atoms with Crippen molar-refractivity contribution >= 4 is 22.0 Å². The summed E-state index contributed by atoms with van der Waals surface area (Å²) in [5.74, 6) is 0.801. The molecular weight excluding hydrogens is 262 g/mol. The monoisotopic (exact) mass is 269 g/mol. The number of amides is 1. The second-order valence-electron chi connectivity index (χ2n) is 3.71. The van der Waals surface area contributed by atoms with Gasteiger partial charge in [0.2, 0.25) is 0 Å². The molecule has 1 atom stereocenters. The summed E-state index contributed by atoms with van der Waals surface area (Å²) in [4.78, 5) is 11.1. The van der Waals surface area contributed by atoms with E-state index in [1.165, 1.54) is 0 Å². The SMILES string of the molecule is O=C1NC2(CO1)COc1cc(Br)ccc12. The predicted octanol–water partition coefficient (Wildman–Crippen LogP) is 1.78. The number of halogens is 1. The van der Waals surface area contributed by atoms with Crippen molar-refractivity contribution < 1.29 is 14.3 Å². The third kappa shape index (κ3) is 1.23. The van der Waals surface area contributed by atoms with E-state index >= 15 is 0 Å². The quantitative estimate of drug-likeness (QED) is 0.781. The molecule has 1 aromatic carbocycles. The molecular formula is C10H8BrNO3. The van der Waals surface area contributed by atoms with Crippen molar-refractivity contribution in [3.8, 4) is 5.75 Å². The number of benzene rings is 1. The van der Waals surface area contributed by atoms with E-state index in [4.69, 9.17) is 9.47 Å². The van der Waals surface area contributed by atoms with Gasteiger partial charge in [-0.1, -0.05) is 22.0 Å². The first kappa shape index (κ1) is 9.03. The highest BCUT2D eigenvalue weighted by molar-refractivity contribution is 9.10. The van der Waals surface area contributed by atoms with Crippen molar-refractivity contribution in [3.05, 3.63) is 28.2 Å². The highest BCUT2D eigenvalue weighted by Gasteiger charge is 2.47. The van der Waals surface area contributed by atoms with Gasteiger partial charge in [0.15, 0.2) is 0 Å². The number of cyclic esters (lactones) is 1. The molecule has 2 aliphatic heterocycles. The van der Waals surface area contributed by atoms with Crippen molar-refractivity contribution in [2.45, 2.75) is 5.54 Å². The Bertz CT molecular complexity index is 448. The van der Waals surface area contributed by atoms with Gasteiger partial charge >= 0.3 is 6.09 Å². The van der Waals surface area contributed by atoms with E-state index in [2.05, 4.69) is 21.2 Å². The molecule has 1 amide bonds. The minimum absolute atomic E-state index is 0.334. The molecule has 2 aliphatic rings. The van der Waals surface area contributed by atoms with Gasteiger partial charge in [-0.15, -0.1) is 0 Å². The van der Waals surface area contributed by atoms with Crippen molar-refractivity contribution in [2.24, 2.45) is 0 Å². The maximum atomic E-state index is 11.1. The summed E-state index contributed by atoms with van der Waals surface area (Å²) < 4.78 is 11.4. The summed E-state index contributed by atoms with van der Waals surface area (Å²) in [5, 5.41) is 2.80. The minimum Gasteiger partial charge on any atom is -0.490 e. The van der Waals surface area contributed by atoms with Crippen molar-refractivity contribution in [1.29, 1.82) is 0 Å². The molecule has 1 fully saturated rings. The van der Waals surface area contributed by atoms with Crippen LogP contribution in [0.15, 0.2) is 22.7 Å². The summed E-state index contributed by atoms with van der Waals surface area (Å²) in [6, 6.07) is 5.77. The topological polar surface area (TPSA) is 47.6 Å². The Labute approximate surface area is 94.7 Å². The molecule has 3 rings (SSSR count). The summed E-state index contributed by atoms with van der Waals surface area (Å²) in [6.45, 7) is 0.769. The van der Waals surface area contributed by atoms with E-state index in [0.29, 0.717) is 13.2 Å². The van der Waals surface area contributed by atoms with Crippen LogP contribution >= 0.6 is 15.9 Å². The van der Waals surface area contributed by atoms with Crippen LogP contribution in [0, 0.1) is 0 Å². The van der Waals surface area contributed by atoms with Gasteiger partial charge in [-0.2, -0.15) is 0 Å². The lowest BCUT2D eigenvalue weighted by atomic mass is 9.94. The van der Waals surface area contributed by atoms with E-state index < -0.39 is 5.54 Å². The Hall–Kier alpha value is -1.23. The summed E-state index contributed by atoms with van der Waals surface area (Å²) >= 11 is 3.38. The summed E-state index contributed by atoms with van der Waals surface area (Å²) in [6.07, 6.45) is -0.380. The number of carbonyl (C=O) groups is 1. The lowest BCUT2D eigenvalue weighted by molar-refractivity contribution is 0.167. The molecule has 1 saturated heterocycles. The smallest absolute Gasteiger partial charge is 0.408 e. The van der Waals surface area contributed by atoms with Crippen LogP contribution in [-0.4, -0.2) is 19.3 Å². The second kappa shape index (κ2) is 2.88. The summed E-state index contributed by atoms with van der Waals surface area (Å²) in [7, 11) is 0. The Morgan fingerprint density at radius 2 is 2.13 bits per heavy atom. The fourth-order valence-corrected chi connectivity index (χ4v) is 2.31. The van der Waals surface area contributed by atoms with Crippen molar-refractivity contribution in [1.82, 2.24) is 5.32 Å². The van der Waals surface area contributed by atoms with Crippen molar-refractivity contribution in [3.63, 3.8) is 0 Å². The average Bonchev–Trinajstić information content (AvgIpc) is 2.73. The maximum Gasteiger partial charge on any atom is 0.408 e. The van der Waals surface area contributed by atoms with Crippen molar-refractivity contribution in [2.75, 3.05) is 13.2 Å². The number of rotatable bonds is 0. The lowest BCUT2D eigenvalue weighted by Gasteiger charge is -2.17. The molecule has 2 heterocycles. The Morgan fingerprint density at radius 3 is 2.87 bits per heavy atom. The van der Waals surface area contributed by atoms with E-state index in [1.807, 2.05) is 18.2 Å². The fourth-order valence-electron chi connectivity index (χ4n) is 1.97. The molecule has 0 bridgehead atoms. The van der Waals surface area contributed by atoms with Crippen LogP contribution in [0.2, 0.25) is 0 Å². The highest BCUT2D eigenvalue weighted by atomic mass is 79.9. The zero-order chi connectivity index (χ0) is 10.5. The van der Waals surface area contributed by atoms with E-state index in [1.54, 1.807) is 0 Å². The summed E-state index contributed by atoms with van der Waals surface area (Å²) in [5.41, 5.74) is 0.504. The van der Waals surface area contributed by atoms with E-state index in [9.17, 15) is 4.79 Å². The molecule has 0 aliphatic carbocycles. The number of hydrogen-bond donors (Lipinski definition) is 1. The van der Waals surface area contributed by atoms with Crippen LogP contribution in [-0.2, 0) is 10.3 Å². The highest BCUT2D eigenvalue weighted by Crippen LogP contribution is 2.40. The van der Waals surface area contributed by atoms with Gasteiger partial charge in [-0.25, -0.2) is 4.79 Å². The van der Waals surface area contributed by atoms with Gasteiger partial charge in [-0.05, 0) is 12.1 Å². The van der Waals surface area contributed by atoms with E-state index in [-0.39, 0.29) is 6.09 Å². The van der Waals surface area contributed by atoms with Crippen LogP contribution in [0.25, 0.3) is 0 Å². The molecule has 0 radical (unpaired) electrons. The Balaban J connectivity index is 2.08. The normalized spacial score (nSPS) is 27.1. The average molecular weight is 270 g/mol. The Morgan fingerprint density at radius 1 is 1.33 bits per heavy atom. The number of ether oxygens (including phenoxy) is 2. The number of hydrogen-bond acceptors (Lipinski definition) is 3. The third-order valence-electron chi connectivity index (χ3n) is 2.72. The van der Waals surface area contributed by atoms with Gasteiger partial charge in [0.05, 0.1) is 0 Å². The zero-order valence-electron chi connectivity index (χ0n) is 7.75. The van der Waals surface area contributed by atoms with Gasteiger partial charge in [0, 0.05) is 10.0 Å². The third-order valence-corrected chi connectivity index (χ3v) is 3.22. The van der Waals surface area contributed by atoms with Gasteiger partial charge in [-0.3, -0.25) is 0 Å². The largest absolute Gasteiger partial charge is 0.490 e. The molecule has 4 nitrogen and oxygen atoms in total. The first-order valence-electron chi connectivity index (χ1n) is 4.57. The van der Waals surface area contributed by atoms with E-state index in [0.717, 1.165) is 15.8 Å². The van der Waals surface area contributed by atoms with Crippen LogP contribution in [0.5, 0.6) is 5.75 Å². The lowest BCUT2D eigenvalue weighted by Crippen LogP contribution is -2.41. The van der Waals surface area contributed by atoms with Gasteiger partial charge in [0.25, 0.3) is 0 Å². The molecule has 1 spiro atoms. The minimum atomic E-state index is -0.479. The number of nitrogens with one attached hydrogen (secondary N) is 1. The number of alkyl carbamates (subject to hydrolysis) is 1. The van der Waals surface area contributed by atoms with Crippen LogP contribution in [0.1, 0.15) is 5.56 Å². The molecule has 0 aromatic heterocycles. The van der Waals surface area contributed by atoms with Crippen LogP contribution in [0.3, 0.4) is 0 Å². The maximum absolute atomic E-state index is 11.1. The molecule has 5 heteroatoms. The van der Waals surface area contributed by atoms with Gasteiger partial charge in [0.1, 0.15) is 24.5 Å². The Kier molecular flexibility index (Phi) is 1.74. The second-order valence-corrected chi connectivity index (χ2v) is 4.63. The van der Waals surface area contributed by atoms with Crippen LogP contribution in [0.4, 0.5) is 4.79 Å². The number of fused-ring (bicyclic) bond motifs is 2. The fraction of sp³-hybridized carbons (Fsp3) is 0.300. The molecule has 0 saturated carbocycles. The molecule has 1 unspecified atom stereocenters.